The fraction of sp³-hybridized carbons (Fsp3) is 0.941. The molecule has 0 unspecified atom stereocenters. The van der Waals surface area contributed by atoms with Crippen LogP contribution in [0, 0.1) is 23.2 Å². The van der Waals surface area contributed by atoms with Crippen LogP contribution < -0.4 is 0 Å². The van der Waals surface area contributed by atoms with Crippen LogP contribution in [0.4, 0.5) is 0 Å². The SMILES string of the molecule is CCC1=NO[C@H](C)[C@H]1[C@H]1O[C@H]2C[C@H]3C[C@H](C3(C)C)[C@@]2(C)O1. The third-order valence-corrected chi connectivity index (χ3v) is 6.85. The van der Waals surface area contributed by atoms with Gasteiger partial charge in [-0.1, -0.05) is 25.9 Å². The number of nitrogens with zero attached hydrogens (tertiary/aromatic N) is 1. The number of ether oxygens (including phenoxy) is 2. The summed E-state index contributed by atoms with van der Waals surface area (Å²) >= 11 is 0. The maximum absolute atomic E-state index is 6.54. The largest absolute Gasteiger partial charge is 0.392 e. The summed E-state index contributed by atoms with van der Waals surface area (Å²) in [6.45, 7) is 11.2. The lowest BCUT2D eigenvalue weighted by Gasteiger charge is -2.63. The quantitative estimate of drug-likeness (QED) is 0.784. The third kappa shape index (κ3) is 1.66. The average Bonchev–Trinajstić information content (AvgIpc) is 2.96. The summed E-state index contributed by atoms with van der Waals surface area (Å²) in [5, 5.41) is 4.22. The van der Waals surface area contributed by atoms with Crippen molar-refractivity contribution >= 4 is 5.71 Å². The Morgan fingerprint density at radius 3 is 2.67 bits per heavy atom. The Labute approximate surface area is 127 Å². The molecular formula is C17H27NO3. The standard InChI is InChI=1S/C17H27NO3/c1-6-11-14(9(2)21-18-11)15-19-13-8-10-7-12(16(10,3)4)17(13,5)20-15/h9-10,12-15H,6-8H2,1-5H3/t9-,10-,12-,13+,14-,15+,17-/m1/s1. The highest BCUT2D eigenvalue weighted by Crippen LogP contribution is 2.66. The van der Waals surface area contributed by atoms with E-state index in [2.05, 4.69) is 39.8 Å². The van der Waals surface area contributed by atoms with E-state index < -0.39 is 0 Å². The van der Waals surface area contributed by atoms with Crippen LogP contribution in [0.15, 0.2) is 5.16 Å². The smallest absolute Gasteiger partial charge is 0.170 e. The van der Waals surface area contributed by atoms with Gasteiger partial charge in [0.15, 0.2) is 6.29 Å². The van der Waals surface area contributed by atoms with Gasteiger partial charge in [0.2, 0.25) is 0 Å². The first-order valence-electron chi connectivity index (χ1n) is 8.43. The molecule has 4 fully saturated rings. The molecule has 0 spiro atoms. The zero-order valence-electron chi connectivity index (χ0n) is 13.8. The maximum Gasteiger partial charge on any atom is 0.170 e. The maximum atomic E-state index is 6.54. The van der Waals surface area contributed by atoms with Gasteiger partial charge in [-0.05, 0) is 50.4 Å². The van der Waals surface area contributed by atoms with Crippen LogP contribution in [0.25, 0.3) is 0 Å². The monoisotopic (exact) mass is 293 g/mol. The minimum atomic E-state index is -0.189. The summed E-state index contributed by atoms with van der Waals surface area (Å²) in [6.07, 6.45) is 3.43. The van der Waals surface area contributed by atoms with E-state index >= 15 is 0 Å². The van der Waals surface area contributed by atoms with Gasteiger partial charge in [0.25, 0.3) is 0 Å². The van der Waals surface area contributed by atoms with Crippen molar-refractivity contribution in [3.8, 4) is 0 Å². The number of oxime groups is 1. The topological polar surface area (TPSA) is 40.0 Å². The summed E-state index contributed by atoms with van der Waals surface area (Å²) in [4.78, 5) is 5.47. The second-order valence-electron chi connectivity index (χ2n) is 8.11. The van der Waals surface area contributed by atoms with E-state index in [4.69, 9.17) is 14.3 Å². The first-order chi connectivity index (χ1) is 9.88. The Balaban J connectivity index is 1.59. The fourth-order valence-corrected chi connectivity index (χ4v) is 5.28. The molecule has 5 rings (SSSR count). The zero-order chi connectivity index (χ0) is 15.0. The van der Waals surface area contributed by atoms with E-state index in [1.807, 2.05) is 0 Å². The van der Waals surface area contributed by atoms with E-state index in [0.29, 0.717) is 11.3 Å². The second kappa shape index (κ2) is 4.23. The van der Waals surface area contributed by atoms with E-state index in [-0.39, 0.29) is 30.0 Å². The van der Waals surface area contributed by atoms with Crippen molar-refractivity contribution in [1.29, 1.82) is 0 Å². The number of hydrogen-bond acceptors (Lipinski definition) is 4. The highest BCUT2D eigenvalue weighted by Gasteiger charge is 2.68. The van der Waals surface area contributed by atoms with Crippen molar-refractivity contribution in [3.05, 3.63) is 0 Å². The fourth-order valence-electron chi connectivity index (χ4n) is 5.28. The second-order valence-corrected chi connectivity index (χ2v) is 8.11. The summed E-state index contributed by atoms with van der Waals surface area (Å²) < 4.78 is 12.9. The van der Waals surface area contributed by atoms with Crippen molar-refractivity contribution in [2.75, 3.05) is 0 Å². The van der Waals surface area contributed by atoms with Crippen LogP contribution in [-0.4, -0.2) is 29.8 Å². The molecule has 4 nitrogen and oxygen atoms in total. The van der Waals surface area contributed by atoms with Gasteiger partial charge in [-0.2, -0.15) is 0 Å². The zero-order valence-corrected chi connectivity index (χ0v) is 13.8. The van der Waals surface area contributed by atoms with Crippen LogP contribution >= 0.6 is 0 Å². The minimum Gasteiger partial charge on any atom is -0.392 e. The Hall–Kier alpha value is -0.610. The minimum absolute atomic E-state index is 0.0525. The Bertz CT molecular complexity index is 488. The van der Waals surface area contributed by atoms with Crippen molar-refractivity contribution < 1.29 is 14.3 Å². The molecule has 118 valence electrons. The molecule has 21 heavy (non-hydrogen) atoms. The molecule has 0 aromatic rings. The Kier molecular flexibility index (Phi) is 2.82. The molecular weight excluding hydrogens is 266 g/mol. The molecule has 3 aliphatic carbocycles. The molecule has 7 atom stereocenters. The van der Waals surface area contributed by atoms with Gasteiger partial charge in [-0.25, -0.2) is 0 Å². The van der Waals surface area contributed by atoms with E-state index in [1.54, 1.807) is 0 Å². The third-order valence-electron chi connectivity index (χ3n) is 6.85. The van der Waals surface area contributed by atoms with Crippen LogP contribution in [-0.2, 0) is 14.3 Å². The molecule has 0 aromatic carbocycles. The molecule has 1 saturated heterocycles. The molecule has 3 saturated carbocycles. The van der Waals surface area contributed by atoms with Crippen molar-refractivity contribution in [3.63, 3.8) is 0 Å². The first-order valence-corrected chi connectivity index (χ1v) is 8.43. The molecule has 4 heteroatoms. The van der Waals surface area contributed by atoms with Crippen LogP contribution in [0.3, 0.4) is 0 Å². The van der Waals surface area contributed by atoms with Crippen LogP contribution in [0.2, 0.25) is 0 Å². The molecule has 2 aliphatic heterocycles. The molecule has 0 radical (unpaired) electrons. The highest BCUT2D eigenvalue weighted by atomic mass is 16.7. The lowest BCUT2D eigenvalue weighted by atomic mass is 9.43. The van der Waals surface area contributed by atoms with Gasteiger partial charge in [0, 0.05) is 0 Å². The molecule has 0 aromatic heterocycles. The predicted octanol–water partition coefficient (Wildman–Crippen LogP) is 3.35. The van der Waals surface area contributed by atoms with Gasteiger partial charge in [0.05, 0.1) is 23.3 Å². The van der Waals surface area contributed by atoms with Crippen LogP contribution in [0.1, 0.15) is 53.9 Å². The summed E-state index contributed by atoms with van der Waals surface area (Å²) in [6, 6.07) is 0. The lowest BCUT2D eigenvalue weighted by Crippen LogP contribution is -2.65. The van der Waals surface area contributed by atoms with Crippen molar-refractivity contribution in [2.45, 2.75) is 78.0 Å². The molecule has 5 aliphatic rings. The van der Waals surface area contributed by atoms with E-state index in [9.17, 15) is 0 Å². The van der Waals surface area contributed by atoms with Gasteiger partial charge in [0.1, 0.15) is 6.10 Å². The van der Waals surface area contributed by atoms with Crippen LogP contribution in [0.5, 0.6) is 0 Å². The van der Waals surface area contributed by atoms with E-state index in [0.717, 1.165) is 24.5 Å². The molecule has 2 heterocycles. The predicted molar refractivity (Wildman–Crippen MR) is 79.9 cm³/mol. The Morgan fingerprint density at radius 1 is 1.24 bits per heavy atom. The molecule has 0 amide bonds. The average molecular weight is 293 g/mol. The summed E-state index contributed by atoms with van der Waals surface area (Å²) in [5.74, 6) is 1.55. The van der Waals surface area contributed by atoms with Crippen molar-refractivity contribution in [1.82, 2.24) is 0 Å². The highest BCUT2D eigenvalue weighted by molar-refractivity contribution is 5.88. The lowest BCUT2D eigenvalue weighted by molar-refractivity contribution is -0.212. The summed E-state index contributed by atoms with van der Waals surface area (Å²) in [7, 11) is 0. The van der Waals surface area contributed by atoms with Crippen molar-refractivity contribution in [2.24, 2.45) is 28.3 Å². The van der Waals surface area contributed by atoms with Gasteiger partial charge < -0.3 is 14.3 Å². The number of rotatable bonds is 2. The first kappa shape index (κ1) is 14.0. The summed E-state index contributed by atoms with van der Waals surface area (Å²) in [5.41, 5.74) is 1.34. The van der Waals surface area contributed by atoms with E-state index in [1.165, 1.54) is 6.42 Å². The van der Waals surface area contributed by atoms with Gasteiger partial charge in [-0.15, -0.1) is 0 Å². The van der Waals surface area contributed by atoms with Gasteiger partial charge >= 0.3 is 0 Å². The molecule has 2 bridgehead atoms. The molecule has 0 N–H and O–H groups in total. The number of hydrogen-bond donors (Lipinski definition) is 0. The van der Waals surface area contributed by atoms with Gasteiger partial charge in [-0.3, -0.25) is 0 Å². The normalized spacial score (nSPS) is 53.7. The Morgan fingerprint density at radius 2 is 2.00 bits per heavy atom.